The van der Waals surface area contributed by atoms with Crippen LogP contribution in [0.15, 0.2) is 30.9 Å². The second kappa shape index (κ2) is 7.92. The summed E-state index contributed by atoms with van der Waals surface area (Å²) in [6, 6.07) is 4.91. The average Bonchev–Trinajstić information content (AvgIpc) is 2.36. The molecule has 0 aliphatic carbocycles. The Hall–Kier alpha value is -1.39. The van der Waals surface area contributed by atoms with E-state index in [1.807, 2.05) is 18.0 Å². The van der Waals surface area contributed by atoms with Gasteiger partial charge in [-0.3, -0.25) is 4.90 Å². The standard InChI is InChI=1S/C15H22FNO2/c1-4-5-6-13(18)11-17(2)10-12-7-8-15(19-3)14(16)9-12/h4,7-9,13,18H,1,5-6,10-11H2,2-3H3. The van der Waals surface area contributed by atoms with E-state index in [0.717, 1.165) is 12.0 Å². The van der Waals surface area contributed by atoms with Gasteiger partial charge in [-0.05, 0) is 37.6 Å². The van der Waals surface area contributed by atoms with Gasteiger partial charge in [-0.1, -0.05) is 12.1 Å². The van der Waals surface area contributed by atoms with Gasteiger partial charge in [0, 0.05) is 13.1 Å². The average molecular weight is 267 g/mol. The van der Waals surface area contributed by atoms with Crippen LogP contribution in [0.4, 0.5) is 4.39 Å². The number of nitrogens with zero attached hydrogens (tertiary/aromatic N) is 1. The van der Waals surface area contributed by atoms with Crippen LogP contribution in [0, 0.1) is 5.82 Å². The Kier molecular flexibility index (Phi) is 6.53. The first-order valence-electron chi connectivity index (χ1n) is 6.36. The molecule has 0 bridgehead atoms. The van der Waals surface area contributed by atoms with Crippen molar-refractivity contribution >= 4 is 0 Å². The van der Waals surface area contributed by atoms with Crippen molar-refractivity contribution in [2.75, 3.05) is 20.7 Å². The Bertz CT molecular complexity index is 409. The van der Waals surface area contributed by atoms with E-state index < -0.39 is 0 Å². The van der Waals surface area contributed by atoms with Gasteiger partial charge in [0.1, 0.15) is 0 Å². The number of methoxy groups -OCH3 is 1. The van der Waals surface area contributed by atoms with E-state index in [1.165, 1.54) is 13.2 Å². The lowest BCUT2D eigenvalue weighted by Gasteiger charge is -2.20. The van der Waals surface area contributed by atoms with Crippen LogP contribution in [-0.2, 0) is 6.54 Å². The molecule has 0 saturated heterocycles. The fourth-order valence-corrected chi connectivity index (χ4v) is 1.95. The van der Waals surface area contributed by atoms with Gasteiger partial charge < -0.3 is 9.84 Å². The molecular weight excluding hydrogens is 245 g/mol. The zero-order valence-corrected chi connectivity index (χ0v) is 11.6. The minimum Gasteiger partial charge on any atom is -0.494 e. The molecule has 106 valence electrons. The first-order valence-corrected chi connectivity index (χ1v) is 6.36. The third-order valence-corrected chi connectivity index (χ3v) is 2.90. The number of ether oxygens (including phenoxy) is 1. The fraction of sp³-hybridized carbons (Fsp3) is 0.467. The SMILES string of the molecule is C=CCCC(O)CN(C)Cc1ccc(OC)c(F)c1. The summed E-state index contributed by atoms with van der Waals surface area (Å²) in [5, 5.41) is 9.78. The summed E-state index contributed by atoms with van der Waals surface area (Å²) >= 11 is 0. The van der Waals surface area contributed by atoms with Gasteiger partial charge >= 0.3 is 0 Å². The molecule has 1 aromatic rings. The number of aliphatic hydroxyl groups excluding tert-OH is 1. The number of halogens is 1. The van der Waals surface area contributed by atoms with Crippen LogP contribution >= 0.6 is 0 Å². The third-order valence-electron chi connectivity index (χ3n) is 2.90. The van der Waals surface area contributed by atoms with Crippen molar-refractivity contribution in [3.05, 3.63) is 42.2 Å². The first-order chi connectivity index (χ1) is 9.06. The molecule has 1 aromatic carbocycles. The van der Waals surface area contributed by atoms with Gasteiger partial charge in [0.05, 0.1) is 13.2 Å². The predicted molar refractivity (Wildman–Crippen MR) is 74.7 cm³/mol. The maximum atomic E-state index is 13.5. The largest absolute Gasteiger partial charge is 0.494 e. The van der Waals surface area contributed by atoms with E-state index >= 15 is 0 Å². The molecule has 0 fully saturated rings. The molecule has 19 heavy (non-hydrogen) atoms. The van der Waals surface area contributed by atoms with Crippen LogP contribution in [0.2, 0.25) is 0 Å². The zero-order valence-electron chi connectivity index (χ0n) is 11.6. The quantitative estimate of drug-likeness (QED) is 0.735. The van der Waals surface area contributed by atoms with Gasteiger partial charge in [0.15, 0.2) is 11.6 Å². The highest BCUT2D eigenvalue weighted by atomic mass is 19.1. The van der Waals surface area contributed by atoms with Crippen molar-refractivity contribution < 1.29 is 14.2 Å². The minimum absolute atomic E-state index is 0.248. The van der Waals surface area contributed by atoms with Crippen LogP contribution in [-0.4, -0.2) is 36.8 Å². The molecule has 0 saturated carbocycles. The molecule has 3 nitrogen and oxygen atoms in total. The van der Waals surface area contributed by atoms with E-state index in [9.17, 15) is 9.50 Å². The molecule has 1 unspecified atom stereocenters. The van der Waals surface area contributed by atoms with Crippen LogP contribution < -0.4 is 4.74 Å². The molecule has 0 aromatic heterocycles. The maximum absolute atomic E-state index is 13.5. The zero-order chi connectivity index (χ0) is 14.3. The summed E-state index contributed by atoms with van der Waals surface area (Å²) in [4.78, 5) is 1.97. The third kappa shape index (κ3) is 5.41. The molecule has 1 rings (SSSR count). The van der Waals surface area contributed by atoms with Gasteiger partial charge in [0.25, 0.3) is 0 Å². The Morgan fingerprint density at radius 3 is 2.84 bits per heavy atom. The van der Waals surface area contributed by atoms with E-state index in [0.29, 0.717) is 19.5 Å². The van der Waals surface area contributed by atoms with Crippen molar-refractivity contribution in [3.63, 3.8) is 0 Å². The molecular formula is C15H22FNO2. The molecule has 0 heterocycles. The van der Waals surface area contributed by atoms with Crippen molar-refractivity contribution in [1.82, 2.24) is 4.90 Å². The number of rotatable bonds is 8. The topological polar surface area (TPSA) is 32.7 Å². The number of hydrogen-bond donors (Lipinski definition) is 1. The monoisotopic (exact) mass is 267 g/mol. The lowest BCUT2D eigenvalue weighted by atomic mass is 10.1. The Morgan fingerprint density at radius 2 is 2.26 bits per heavy atom. The molecule has 0 aliphatic rings. The smallest absolute Gasteiger partial charge is 0.165 e. The lowest BCUT2D eigenvalue weighted by Crippen LogP contribution is -2.28. The molecule has 0 radical (unpaired) electrons. The highest BCUT2D eigenvalue weighted by Crippen LogP contribution is 2.18. The molecule has 0 amide bonds. The van der Waals surface area contributed by atoms with Crippen LogP contribution in [0.25, 0.3) is 0 Å². The lowest BCUT2D eigenvalue weighted by molar-refractivity contribution is 0.116. The summed E-state index contributed by atoms with van der Waals surface area (Å²) in [5.74, 6) is -0.113. The summed E-state index contributed by atoms with van der Waals surface area (Å²) in [5.41, 5.74) is 0.858. The Morgan fingerprint density at radius 1 is 1.53 bits per heavy atom. The van der Waals surface area contributed by atoms with Gasteiger partial charge in [0.2, 0.25) is 0 Å². The fourth-order valence-electron chi connectivity index (χ4n) is 1.95. The van der Waals surface area contributed by atoms with Crippen molar-refractivity contribution in [2.24, 2.45) is 0 Å². The van der Waals surface area contributed by atoms with E-state index in [4.69, 9.17) is 4.74 Å². The van der Waals surface area contributed by atoms with Gasteiger partial charge in [-0.25, -0.2) is 4.39 Å². The number of allylic oxidation sites excluding steroid dienone is 1. The van der Waals surface area contributed by atoms with Gasteiger partial charge in [-0.15, -0.1) is 6.58 Å². The number of likely N-dealkylation sites (N-methyl/N-ethyl adjacent to an activating group) is 1. The highest BCUT2D eigenvalue weighted by molar-refractivity contribution is 5.29. The highest BCUT2D eigenvalue weighted by Gasteiger charge is 2.09. The van der Waals surface area contributed by atoms with Crippen LogP contribution in [0.3, 0.4) is 0 Å². The number of aliphatic hydroxyl groups is 1. The summed E-state index contributed by atoms with van der Waals surface area (Å²) in [6.07, 6.45) is 2.91. The predicted octanol–water partition coefficient (Wildman–Crippen LogP) is 2.59. The van der Waals surface area contributed by atoms with Gasteiger partial charge in [-0.2, -0.15) is 0 Å². The second-order valence-corrected chi connectivity index (χ2v) is 4.69. The van der Waals surface area contributed by atoms with E-state index in [1.54, 1.807) is 12.1 Å². The molecule has 0 spiro atoms. The van der Waals surface area contributed by atoms with Crippen molar-refractivity contribution in [3.8, 4) is 5.75 Å². The van der Waals surface area contributed by atoms with E-state index in [-0.39, 0.29) is 17.7 Å². The van der Waals surface area contributed by atoms with Crippen molar-refractivity contribution in [2.45, 2.75) is 25.5 Å². The number of benzene rings is 1. The number of hydrogen-bond acceptors (Lipinski definition) is 3. The Labute approximate surface area is 114 Å². The normalized spacial score (nSPS) is 12.5. The van der Waals surface area contributed by atoms with E-state index in [2.05, 4.69) is 6.58 Å². The summed E-state index contributed by atoms with van der Waals surface area (Å²) in [6.45, 7) is 4.77. The summed E-state index contributed by atoms with van der Waals surface area (Å²) < 4.78 is 18.4. The molecule has 0 aliphatic heterocycles. The summed E-state index contributed by atoms with van der Waals surface area (Å²) in [7, 11) is 3.35. The second-order valence-electron chi connectivity index (χ2n) is 4.69. The molecule has 4 heteroatoms. The molecule has 1 N–H and O–H groups in total. The minimum atomic E-state index is -0.383. The van der Waals surface area contributed by atoms with Crippen molar-refractivity contribution in [1.29, 1.82) is 0 Å². The van der Waals surface area contributed by atoms with Crippen LogP contribution in [0.1, 0.15) is 18.4 Å². The molecule has 1 atom stereocenters. The van der Waals surface area contributed by atoms with Crippen LogP contribution in [0.5, 0.6) is 5.75 Å². The maximum Gasteiger partial charge on any atom is 0.165 e. The first kappa shape index (κ1) is 15.7. The Balaban J connectivity index is 2.49.